The fourth-order valence-corrected chi connectivity index (χ4v) is 2.50. The number of carbonyl (C=O) groups is 2. The number of aromatic nitrogens is 1. The highest BCUT2D eigenvalue weighted by molar-refractivity contribution is 9.10. The van der Waals surface area contributed by atoms with Crippen LogP contribution in [0.2, 0.25) is 0 Å². The van der Waals surface area contributed by atoms with Crippen molar-refractivity contribution in [2.24, 2.45) is 0 Å². The van der Waals surface area contributed by atoms with Gasteiger partial charge in [-0.15, -0.1) is 0 Å². The van der Waals surface area contributed by atoms with E-state index >= 15 is 0 Å². The van der Waals surface area contributed by atoms with Crippen molar-refractivity contribution in [3.05, 3.63) is 22.3 Å². The number of carbonyl (C=O) groups excluding carboxylic acids is 2. The van der Waals surface area contributed by atoms with Crippen molar-refractivity contribution in [1.82, 2.24) is 10.3 Å². The Balaban J connectivity index is 2.22. The first-order chi connectivity index (χ1) is 10.7. The lowest BCUT2D eigenvalue weighted by Gasteiger charge is -2.31. The minimum atomic E-state index is -1.07. The molecule has 0 saturated heterocycles. The first-order valence-electron chi connectivity index (χ1n) is 7.55. The number of rotatable bonds is 5. The summed E-state index contributed by atoms with van der Waals surface area (Å²) in [5, 5.41) is 12.5. The molecule has 7 heteroatoms. The van der Waals surface area contributed by atoms with Gasteiger partial charge in [-0.1, -0.05) is 6.42 Å². The van der Waals surface area contributed by atoms with Crippen LogP contribution in [0.15, 0.2) is 16.7 Å². The van der Waals surface area contributed by atoms with Gasteiger partial charge in [0.25, 0.3) is 0 Å². The molecular weight excluding hydrogens is 364 g/mol. The molecule has 1 unspecified atom stereocenters. The summed E-state index contributed by atoms with van der Waals surface area (Å²) in [7, 11) is 0. The lowest BCUT2D eigenvalue weighted by Crippen LogP contribution is -2.52. The predicted molar refractivity (Wildman–Crippen MR) is 88.3 cm³/mol. The summed E-state index contributed by atoms with van der Waals surface area (Å²) >= 11 is 3.12. The summed E-state index contributed by atoms with van der Waals surface area (Å²) in [5.74, 6) is -1.22. The van der Waals surface area contributed by atoms with Gasteiger partial charge in [0.05, 0.1) is 4.47 Å². The fourth-order valence-electron chi connectivity index (χ4n) is 2.15. The molecule has 1 aliphatic rings. The largest absolute Gasteiger partial charge is 0.492 e. The number of esters is 1. The van der Waals surface area contributed by atoms with E-state index in [1.807, 2.05) is 0 Å². The third kappa shape index (κ3) is 4.75. The van der Waals surface area contributed by atoms with Crippen molar-refractivity contribution in [1.29, 1.82) is 0 Å². The maximum atomic E-state index is 12.7. The molecule has 0 spiro atoms. The van der Waals surface area contributed by atoms with Gasteiger partial charge in [-0.05, 0) is 55.6 Å². The molecule has 0 amide bonds. The van der Waals surface area contributed by atoms with Crippen LogP contribution in [0.4, 0.5) is 0 Å². The number of pyridine rings is 1. The Labute approximate surface area is 143 Å². The highest BCUT2D eigenvalue weighted by Crippen LogP contribution is 2.24. The van der Waals surface area contributed by atoms with Crippen molar-refractivity contribution >= 4 is 27.7 Å². The molecule has 1 aliphatic carbocycles. The van der Waals surface area contributed by atoms with E-state index < -0.39 is 23.4 Å². The second-order valence-corrected chi connectivity index (χ2v) is 7.51. The third-order valence-corrected chi connectivity index (χ3v) is 4.10. The SMILES string of the molecule is CC(C)(C)OC(=O)C(NC1CCC1)C(=O)c1cnc(O)c(Br)c1. The number of ketones is 1. The van der Waals surface area contributed by atoms with Crippen LogP contribution >= 0.6 is 15.9 Å². The van der Waals surface area contributed by atoms with Crippen molar-refractivity contribution in [3.63, 3.8) is 0 Å². The quantitative estimate of drug-likeness (QED) is 0.460. The molecule has 6 nitrogen and oxygen atoms in total. The second kappa shape index (κ2) is 6.97. The Kier molecular flexibility index (Phi) is 5.41. The lowest BCUT2D eigenvalue weighted by atomic mass is 9.91. The van der Waals surface area contributed by atoms with Gasteiger partial charge in [0.1, 0.15) is 5.60 Å². The number of aromatic hydroxyl groups is 1. The summed E-state index contributed by atoms with van der Waals surface area (Å²) in [6.45, 7) is 5.28. The maximum absolute atomic E-state index is 12.7. The average molecular weight is 385 g/mol. The standard InChI is InChI=1S/C16H21BrN2O4/c1-16(2,3)23-15(22)12(19-10-5-4-6-10)13(20)9-7-11(17)14(21)18-8-9/h7-8,10,12,19H,4-6H2,1-3H3,(H,18,21). The van der Waals surface area contributed by atoms with E-state index in [-0.39, 0.29) is 17.5 Å². The molecule has 2 N–H and O–H groups in total. The van der Waals surface area contributed by atoms with Crippen LogP contribution in [0.1, 0.15) is 50.4 Å². The van der Waals surface area contributed by atoms with Crippen LogP contribution in [0, 0.1) is 0 Å². The molecule has 1 saturated carbocycles. The van der Waals surface area contributed by atoms with Crippen LogP contribution in [0.3, 0.4) is 0 Å². The van der Waals surface area contributed by atoms with Gasteiger partial charge >= 0.3 is 5.97 Å². The highest BCUT2D eigenvalue weighted by atomic mass is 79.9. The van der Waals surface area contributed by atoms with E-state index in [2.05, 4.69) is 26.2 Å². The molecule has 1 atom stereocenters. The zero-order valence-electron chi connectivity index (χ0n) is 13.4. The monoisotopic (exact) mass is 384 g/mol. The molecule has 1 fully saturated rings. The Morgan fingerprint density at radius 2 is 2.09 bits per heavy atom. The molecular formula is C16H21BrN2O4. The maximum Gasteiger partial charge on any atom is 0.331 e. The van der Waals surface area contributed by atoms with Gasteiger partial charge in [0.15, 0.2) is 11.8 Å². The molecule has 0 aliphatic heterocycles. The minimum absolute atomic E-state index is 0.144. The number of nitrogens with one attached hydrogen (secondary N) is 1. The predicted octanol–water partition coefficient (Wildman–Crippen LogP) is 2.58. The van der Waals surface area contributed by atoms with E-state index in [0.29, 0.717) is 4.47 Å². The zero-order valence-corrected chi connectivity index (χ0v) is 15.0. The molecule has 0 aromatic carbocycles. The summed E-state index contributed by atoms with van der Waals surface area (Å²) in [4.78, 5) is 28.9. The summed E-state index contributed by atoms with van der Waals surface area (Å²) in [6.07, 6.45) is 4.20. The van der Waals surface area contributed by atoms with Crippen molar-refractivity contribution < 1.29 is 19.4 Å². The van der Waals surface area contributed by atoms with E-state index in [1.165, 1.54) is 12.3 Å². The number of hydrogen-bond donors (Lipinski definition) is 2. The number of nitrogens with zero attached hydrogens (tertiary/aromatic N) is 1. The van der Waals surface area contributed by atoms with E-state index in [4.69, 9.17) is 4.74 Å². The highest BCUT2D eigenvalue weighted by Gasteiger charge is 2.35. The van der Waals surface area contributed by atoms with E-state index in [0.717, 1.165) is 19.3 Å². The normalized spacial score (nSPS) is 16.5. The van der Waals surface area contributed by atoms with Gasteiger partial charge in [-0.25, -0.2) is 9.78 Å². The Hall–Kier alpha value is -1.47. The molecule has 23 heavy (non-hydrogen) atoms. The van der Waals surface area contributed by atoms with Crippen molar-refractivity contribution in [3.8, 4) is 5.88 Å². The summed E-state index contributed by atoms with van der Waals surface area (Å²) in [5.41, 5.74) is -0.442. The van der Waals surface area contributed by atoms with E-state index in [1.54, 1.807) is 20.8 Å². The molecule has 1 heterocycles. The van der Waals surface area contributed by atoms with Crippen molar-refractivity contribution in [2.75, 3.05) is 0 Å². The summed E-state index contributed by atoms with van der Waals surface area (Å²) in [6, 6.07) is 0.521. The van der Waals surface area contributed by atoms with Gasteiger partial charge < -0.3 is 9.84 Å². The van der Waals surface area contributed by atoms with Gasteiger partial charge in [0.2, 0.25) is 5.88 Å². The Morgan fingerprint density at radius 1 is 1.43 bits per heavy atom. The molecule has 0 bridgehead atoms. The Morgan fingerprint density at radius 3 is 2.57 bits per heavy atom. The van der Waals surface area contributed by atoms with Crippen LogP contribution < -0.4 is 5.32 Å². The average Bonchev–Trinajstić information content (AvgIpc) is 2.38. The minimum Gasteiger partial charge on any atom is -0.492 e. The number of Topliss-reactive ketones (excluding diaryl/α,β-unsaturated/α-hetero) is 1. The van der Waals surface area contributed by atoms with Gasteiger partial charge in [0, 0.05) is 17.8 Å². The fraction of sp³-hybridized carbons (Fsp3) is 0.562. The molecule has 126 valence electrons. The number of ether oxygens (including phenoxy) is 1. The number of halogens is 1. The molecule has 1 aromatic rings. The van der Waals surface area contributed by atoms with Crippen LogP contribution in [-0.2, 0) is 9.53 Å². The molecule has 0 radical (unpaired) electrons. The lowest BCUT2D eigenvalue weighted by molar-refractivity contribution is -0.156. The van der Waals surface area contributed by atoms with Gasteiger partial charge in [-0.2, -0.15) is 0 Å². The first-order valence-corrected chi connectivity index (χ1v) is 8.34. The van der Waals surface area contributed by atoms with Crippen LogP contribution in [-0.4, -0.2) is 39.5 Å². The first kappa shape index (κ1) is 17.9. The second-order valence-electron chi connectivity index (χ2n) is 6.65. The Bertz CT molecular complexity index is 609. The third-order valence-electron chi connectivity index (χ3n) is 3.52. The molecule has 2 rings (SSSR count). The summed E-state index contributed by atoms with van der Waals surface area (Å²) < 4.78 is 5.66. The number of hydrogen-bond acceptors (Lipinski definition) is 6. The van der Waals surface area contributed by atoms with E-state index in [9.17, 15) is 14.7 Å². The molecule has 1 aromatic heterocycles. The van der Waals surface area contributed by atoms with Gasteiger partial charge in [-0.3, -0.25) is 10.1 Å². The topological polar surface area (TPSA) is 88.5 Å². The van der Waals surface area contributed by atoms with Crippen LogP contribution in [0.25, 0.3) is 0 Å². The van der Waals surface area contributed by atoms with Crippen molar-refractivity contribution in [2.45, 2.75) is 57.7 Å². The smallest absolute Gasteiger partial charge is 0.331 e. The zero-order chi connectivity index (χ0) is 17.2. The van der Waals surface area contributed by atoms with Crippen LogP contribution in [0.5, 0.6) is 5.88 Å².